The second kappa shape index (κ2) is 10.8. The number of benzene rings is 2. The van der Waals surface area contributed by atoms with Crippen LogP contribution in [0, 0.1) is 6.92 Å². The van der Waals surface area contributed by atoms with E-state index < -0.39 is 10.0 Å². The van der Waals surface area contributed by atoms with E-state index in [4.69, 9.17) is 0 Å². The van der Waals surface area contributed by atoms with E-state index in [1.807, 2.05) is 12.1 Å². The van der Waals surface area contributed by atoms with Gasteiger partial charge in [0.15, 0.2) is 5.96 Å². The Balaban J connectivity index is 0.00000289. The first kappa shape index (κ1) is 24.8. The molecule has 174 valence electrons. The molecule has 2 aromatic carbocycles. The molecule has 1 unspecified atom stereocenters. The first-order valence-corrected chi connectivity index (χ1v) is 12.3. The van der Waals surface area contributed by atoms with Crippen LogP contribution in [0.1, 0.15) is 30.4 Å². The summed E-state index contributed by atoms with van der Waals surface area (Å²) >= 11 is 0. The first-order valence-electron chi connectivity index (χ1n) is 10.8. The Morgan fingerprint density at radius 2 is 1.72 bits per heavy atom. The summed E-state index contributed by atoms with van der Waals surface area (Å²) in [5, 5.41) is 6.83. The number of anilines is 1. The number of sulfonamides is 1. The molecule has 4 rings (SSSR count). The summed E-state index contributed by atoms with van der Waals surface area (Å²) in [5.74, 6) is 0.753. The van der Waals surface area contributed by atoms with E-state index in [1.54, 1.807) is 19.2 Å². The minimum absolute atomic E-state index is 0. The molecule has 7 nitrogen and oxygen atoms in total. The van der Waals surface area contributed by atoms with Crippen LogP contribution in [-0.4, -0.2) is 46.6 Å². The molecule has 0 aromatic heterocycles. The Bertz CT molecular complexity index is 1020. The Hall–Kier alpha value is -1.85. The number of rotatable bonds is 7. The lowest BCUT2D eigenvalue weighted by molar-refractivity contribution is 0.581. The molecule has 1 saturated carbocycles. The molecule has 1 aliphatic heterocycles. The quantitative estimate of drug-likeness (QED) is 0.271. The molecule has 3 N–H and O–H groups in total. The summed E-state index contributed by atoms with van der Waals surface area (Å²) in [6.07, 6.45) is 2.91. The van der Waals surface area contributed by atoms with Gasteiger partial charge in [-0.2, -0.15) is 0 Å². The van der Waals surface area contributed by atoms with Crippen molar-refractivity contribution in [3.05, 3.63) is 59.7 Å². The van der Waals surface area contributed by atoms with Gasteiger partial charge in [-0.05, 0) is 56.0 Å². The lowest BCUT2D eigenvalue weighted by Crippen LogP contribution is -2.44. The molecule has 0 bridgehead atoms. The van der Waals surface area contributed by atoms with Crippen molar-refractivity contribution in [2.75, 3.05) is 25.0 Å². The van der Waals surface area contributed by atoms with Crippen LogP contribution in [0.5, 0.6) is 0 Å². The van der Waals surface area contributed by atoms with Crippen LogP contribution in [-0.2, 0) is 16.6 Å². The van der Waals surface area contributed by atoms with Gasteiger partial charge in [0.05, 0.1) is 4.90 Å². The minimum atomic E-state index is -3.41. The molecular formula is C23H32IN5O2S. The highest BCUT2D eigenvalue weighted by atomic mass is 127. The normalized spacial score (nSPS) is 18.9. The standard InChI is InChI=1S/C23H31N5O2S.HI/c1-17-3-9-21(10-4-17)28-14-13-20(16-28)26-23(24-2)25-15-18-5-11-22(12-6-18)31(29,30)27-19-7-8-19;/h3-6,9-12,19-20,27H,7-8,13-16H2,1-2H3,(H2,24,25,26);1H. The largest absolute Gasteiger partial charge is 0.369 e. The van der Waals surface area contributed by atoms with Crippen LogP contribution in [0.25, 0.3) is 0 Å². The molecule has 1 heterocycles. The average Bonchev–Trinajstić information content (AvgIpc) is 3.45. The molecule has 0 radical (unpaired) electrons. The topological polar surface area (TPSA) is 85.8 Å². The van der Waals surface area contributed by atoms with E-state index in [0.29, 0.717) is 17.5 Å². The van der Waals surface area contributed by atoms with Crippen molar-refractivity contribution in [3.8, 4) is 0 Å². The minimum Gasteiger partial charge on any atom is -0.369 e. The fraction of sp³-hybridized carbons (Fsp3) is 0.435. The highest BCUT2D eigenvalue weighted by Crippen LogP contribution is 2.22. The molecule has 1 saturated heterocycles. The Morgan fingerprint density at radius 3 is 2.34 bits per heavy atom. The molecule has 9 heteroatoms. The van der Waals surface area contributed by atoms with Gasteiger partial charge in [0.1, 0.15) is 0 Å². The summed E-state index contributed by atoms with van der Waals surface area (Å²) in [5.41, 5.74) is 3.53. The number of halogens is 1. The Morgan fingerprint density at radius 1 is 1.03 bits per heavy atom. The molecule has 1 aliphatic carbocycles. The summed E-state index contributed by atoms with van der Waals surface area (Å²) in [7, 11) is -1.64. The number of guanidine groups is 1. The van der Waals surface area contributed by atoms with E-state index in [2.05, 4.69) is 56.4 Å². The maximum Gasteiger partial charge on any atom is 0.240 e. The number of nitrogens with one attached hydrogen (secondary N) is 3. The molecule has 2 fully saturated rings. The summed E-state index contributed by atoms with van der Waals surface area (Å²) in [4.78, 5) is 7.04. The molecule has 0 spiro atoms. The van der Waals surface area contributed by atoms with Crippen molar-refractivity contribution in [1.29, 1.82) is 0 Å². The second-order valence-corrected chi connectivity index (χ2v) is 10.1. The van der Waals surface area contributed by atoms with E-state index in [-0.39, 0.29) is 30.0 Å². The van der Waals surface area contributed by atoms with Gasteiger partial charge in [-0.3, -0.25) is 4.99 Å². The molecule has 1 atom stereocenters. The molecule has 2 aromatic rings. The third-order valence-corrected chi connectivity index (χ3v) is 7.28. The lowest BCUT2D eigenvalue weighted by atomic mass is 10.2. The van der Waals surface area contributed by atoms with E-state index >= 15 is 0 Å². The number of aryl methyl sites for hydroxylation is 1. The fourth-order valence-corrected chi connectivity index (χ4v) is 5.02. The molecular weight excluding hydrogens is 537 g/mol. The Labute approximate surface area is 208 Å². The highest BCUT2D eigenvalue weighted by Gasteiger charge is 2.28. The van der Waals surface area contributed by atoms with Crippen LogP contribution >= 0.6 is 24.0 Å². The second-order valence-electron chi connectivity index (χ2n) is 8.38. The van der Waals surface area contributed by atoms with Gasteiger partial charge in [-0.1, -0.05) is 29.8 Å². The van der Waals surface area contributed by atoms with Crippen molar-refractivity contribution < 1.29 is 8.42 Å². The fourth-order valence-electron chi connectivity index (χ4n) is 3.72. The zero-order valence-electron chi connectivity index (χ0n) is 18.5. The predicted molar refractivity (Wildman–Crippen MR) is 140 cm³/mol. The van der Waals surface area contributed by atoms with Gasteiger partial charge in [0.2, 0.25) is 10.0 Å². The van der Waals surface area contributed by atoms with Crippen LogP contribution in [0.4, 0.5) is 5.69 Å². The lowest BCUT2D eigenvalue weighted by Gasteiger charge is -2.20. The zero-order valence-corrected chi connectivity index (χ0v) is 21.7. The highest BCUT2D eigenvalue weighted by molar-refractivity contribution is 14.0. The van der Waals surface area contributed by atoms with Crippen molar-refractivity contribution >= 4 is 45.6 Å². The van der Waals surface area contributed by atoms with Gasteiger partial charge in [0, 0.05) is 44.5 Å². The van der Waals surface area contributed by atoms with Crippen molar-refractivity contribution in [2.45, 2.75) is 49.7 Å². The number of aliphatic imine (C=N–C) groups is 1. The van der Waals surface area contributed by atoms with E-state index in [9.17, 15) is 8.42 Å². The Kier molecular flexibility index (Phi) is 8.40. The maximum absolute atomic E-state index is 12.3. The van der Waals surface area contributed by atoms with Gasteiger partial charge in [0.25, 0.3) is 0 Å². The van der Waals surface area contributed by atoms with Gasteiger partial charge in [-0.15, -0.1) is 24.0 Å². The van der Waals surface area contributed by atoms with E-state index in [0.717, 1.165) is 43.9 Å². The van der Waals surface area contributed by atoms with Crippen molar-refractivity contribution in [3.63, 3.8) is 0 Å². The molecule has 0 amide bonds. The molecule has 32 heavy (non-hydrogen) atoms. The number of nitrogens with zero attached hydrogens (tertiary/aromatic N) is 2. The van der Waals surface area contributed by atoms with Crippen LogP contribution in [0.3, 0.4) is 0 Å². The smallest absolute Gasteiger partial charge is 0.240 e. The summed E-state index contributed by atoms with van der Waals surface area (Å²) in [6.45, 7) is 4.63. The first-order chi connectivity index (χ1) is 14.9. The van der Waals surface area contributed by atoms with Crippen LogP contribution in [0.15, 0.2) is 58.4 Å². The van der Waals surface area contributed by atoms with Crippen LogP contribution < -0.4 is 20.3 Å². The van der Waals surface area contributed by atoms with Gasteiger partial charge in [-0.25, -0.2) is 13.1 Å². The summed E-state index contributed by atoms with van der Waals surface area (Å²) in [6, 6.07) is 16.1. The third kappa shape index (κ3) is 6.58. The van der Waals surface area contributed by atoms with Crippen LogP contribution in [0.2, 0.25) is 0 Å². The third-order valence-electron chi connectivity index (χ3n) is 5.74. The average molecular weight is 570 g/mol. The van der Waals surface area contributed by atoms with Gasteiger partial charge >= 0.3 is 0 Å². The zero-order chi connectivity index (χ0) is 21.8. The van der Waals surface area contributed by atoms with Crippen molar-refractivity contribution in [1.82, 2.24) is 15.4 Å². The SMILES string of the molecule is CN=C(NCc1ccc(S(=O)(=O)NC2CC2)cc1)NC1CCN(c2ccc(C)cc2)C1.I. The van der Waals surface area contributed by atoms with E-state index in [1.165, 1.54) is 11.3 Å². The van der Waals surface area contributed by atoms with Gasteiger partial charge < -0.3 is 15.5 Å². The number of hydrogen-bond donors (Lipinski definition) is 3. The number of hydrogen-bond acceptors (Lipinski definition) is 4. The summed E-state index contributed by atoms with van der Waals surface area (Å²) < 4.78 is 27.3. The van der Waals surface area contributed by atoms with Crippen molar-refractivity contribution in [2.24, 2.45) is 4.99 Å². The molecule has 2 aliphatic rings. The predicted octanol–water partition coefficient (Wildman–Crippen LogP) is 3.00. The monoisotopic (exact) mass is 569 g/mol. The maximum atomic E-state index is 12.3.